The molecule has 0 spiro atoms. The fourth-order valence-electron chi connectivity index (χ4n) is 3.25. The highest BCUT2D eigenvalue weighted by Crippen LogP contribution is 2.25. The summed E-state index contributed by atoms with van der Waals surface area (Å²) in [6.45, 7) is 0.360. The third kappa shape index (κ3) is 3.14. The van der Waals surface area contributed by atoms with Crippen LogP contribution in [0.25, 0.3) is 11.0 Å². The molecule has 3 heterocycles. The first-order valence-corrected chi connectivity index (χ1v) is 9.98. The van der Waals surface area contributed by atoms with Gasteiger partial charge in [-0.25, -0.2) is 22.2 Å². The Labute approximate surface area is 159 Å². The van der Waals surface area contributed by atoms with Crippen LogP contribution in [0.3, 0.4) is 0 Å². The van der Waals surface area contributed by atoms with Crippen LogP contribution in [-0.2, 0) is 10.0 Å². The van der Waals surface area contributed by atoms with Crippen LogP contribution >= 0.6 is 0 Å². The number of aromatic nitrogens is 2. The zero-order chi connectivity index (χ0) is 19.9. The molecule has 0 atom stereocenters. The van der Waals surface area contributed by atoms with E-state index in [1.54, 1.807) is 18.3 Å². The van der Waals surface area contributed by atoms with Crippen molar-refractivity contribution in [1.29, 1.82) is 0 Å². The molecule has 10 heteroatoms. The number of H-pyrrole nitrogens is 1. The SMILES string of the molecule is O=C(c1ccc(F)cc1F)N1CCN(S(=O)(=O)c2c[nH]c3ncccc23)CC1. The second-order valence-corrected chi connectivity index (χ2v) is 8.28. The van der Waals surface area contributed by atoms with E-state index in [4.69, 9.17) is 0 Å². The van der Waals surface area contributed by atoms with Crippen molar-refractivity contribution in [2.24, 2.45) is 0 Å². The molecule has 1 aliphatic rings. The van der Waals surface area contributed by atoms with Crippen molar-refractivity contribution in [1.82, 2.24) is 19.2 Å². The molecule has 0 radical (unpaired) electrons. The third-order valence-electron chi connectivity index (χ3n) is 4.72. The average molecular weight is 406 g/mol. The zero-order valence-electron chi connectivity index (χ0n) is 14.6. The van der Waals surface area contributed by atoms with E-state index in [1.165, 1.54) is 15.4 Å². The Morgan fingerprint density at radius 1 is 1.11 bits per heavy atom. The number of benzene rings is 1. The minimum Gasteiger partial charge on any atom is -0.345 e. The monoisotopic (exact) mass is 406 g/mol. The van der Waals surface area contributed by atoms with Gasteiger partial charge in [0.1, 0.15) is 22.2 Å². The highest BCUT2D eigenvalue weighted by Gasteiger charge is 2.32. The Morgan fingerprint density at radius 2 is 1.86 bits per heavy atom. The van der Waals surface area contributed by atoms with Gasteiger partial charge in [0.2, 0.25) is 10.0 Å². The van der Waals surface area contributed by atoms with Crippen LogP contribution in [0.15, 0.2) is 47.6 Å². The molecule has 1 aromatic carbocycles. The van der Waals surface area contributed by atoms with Gasteiger partial charge in [-0.1, -0.05) is 0 Å². The number of halogens is 2. The summed E-state index contributed by atoms with van der Waals surface area (Å²) in [7, 11) is -3.77. The molecule has 1 aliphatic heterocycles. The largest absolute Gasteiger partial charge is 0.345 e. The molecular weight excluding hydrogens is 390 g/mol. The van der Waals surface area contributed by atoms with Crippen LogP contribution < -0.4 is 0 Å². The predicted octanol–water partition coefficient (Wildman–Crippen LogP) is 1.99. The van der Waals surface area contributed by atoms with Crippen molar-refractivity contribution >= 4 is 27.0 Å². The molecule has 0 aliphatic carbocycles. The molecular formula is C18H16F2N4O3S. The van der Waals surface area contributed by atoms with Crippen molar-refractivity contribution in [3.8, 4) is 0 Å². The van der Waals surface area contributed by atoms with Crippen molar-refractivity contribution in [3.05, 3.63) is 59.9 Å². The van der Waals surface area contributed by atoms with Crippen molar-refractivity contribution in [3.63, 3.8) is 0 Å². The van der Waals surface area contributed by atoms with Gasteiger partial charge in [0.05, 0.1) is 5.56 Å². The molecule has 3 aromatic rings. The Morgan fingerprint density at radius 3 is 2.57 bits per heavy atom. The number of nitrogens with one attached hydrogen (secondary N) is 1. The molecule has 0 saturated carbocycles. The summed E-state index contributed by atoms with van der Waals surface area (Å²) in [6.07, 6.45) is 2.96. The second-order valence-electron chi connectivity index (χ2n) is 6.37. The summed E-state index contributed by atoms with van der Waals surface area (Å²) < 4.78 is 54.1. The minimum atomic E-state index is -3.77. The first-order valence-electron chi connectivity index (χ1n) is 8.54. The molecule has 0 unspecified atom stereocenters. The highest BCUT2D eigenvalue weighted by molar-refractivity contribution is 7.89. The number of pyridine rings is 1. The molecule has 1 N–H and O–H groups in total. The van der Waals surface area contributed by atoms with Crippen LogP contribution in [0, 0.1) is 11.6 Å². The lowest BCUT2D eigenvalue weighted by Gasteiger charge is -2.34. The van der Waals surface area contributed by atoms with Crippen LogP contribution in [0.1, 0.15) is 10.4 Å². The van der Waals surface area contributed by atoms with E-state index in [1.807, 2.05) is 0 Å². The molecule has 2 aromatic heterocycles. The van der Waals surface area contributed by atoms with Gasteiger partial charge >= 0.3 is 0 Å². The smallest absolute Gasteiger partial charge is 0.256 e. The maximum absolute atomic E-state index is 13.9. The van der Waals surface area contributed by atoms with Gasteiger partial charge in [0.15, 0.2) is 0 Å². The fraction of sp³-hybridized carbons (Fsp3) is 0.222. The number of fused-ring (bicyclic) bond motifs is 1. The van der Waals surface area contributed by atoms with Gasteiger partial charge in [0.25, 0.3) is 5.91 Å². The molecule has 28 heavy (non-hydrogen) atoms. The van der Waals surface area contributed by atoms with Gasteiger partial charge in [-0.2, -0.15) is 4.31 Å². The van der Waals surface area contributed by atoms with E-state index in [-0.39, 0.29) is 36.6 Å². The Kier molecular flexibility index (Phi) is 4.60. The topological polar surface area (TPSA) is 86.4 Å². The number of nitrogens with zero attached hydrogens (tertiary/aromatic N) is 3. The van der Waals surface area contributed by atoms with Crippen molar-refractivity contribution in [2.75, 3.05) is 26.2 Å². The van der Waals surface area contributed by atoms with E-state index in [0.717, 1.165) is 12.1 Å². The van der Waals surface area contributed by atoms with Crippen LogP contribution in [0.2, 0.25) is 0 Å². The molecule has 0 bridgehead atoms. The number of piperazine rings is 1. The quantitative estimate of drug-likeness (QED) is 0.721. The summed E-state index contributed by atoms with van der Waals surface area (Å²) in [5.41, 5.74) is 0.238. The Bertz CT molecular complexity index is 1150. The normalized spacial score (nSPS) is 15.9. The third-order valence-corrected chi connectivity index (χ3v) is 6.66. The Hall–Kier alpha value is -2.85. The molecule has 7 nitrogen and oxygen atoms in total. The van der Waals surface area contributed by atoms with Gasteiger partial charge in [-0.3, -0.25) is 4.79 Å². The maximum Gasteiger partial charge on any atom is 0.256 e. The lowest BCUT2D eigenvalue weighted by molar-refractivity contribution is 0.0693. The number of sulfonamides is 1. The number of carbonyl (C=O) groups is 1. The molecule has 1 amide bonds. The van der Waals surface area contributed by atoms with Gasteiger partial charge in [-0.15, -0.1) is 0 Å². The van der Waals surface area contributed by atoms with E-state index in [2.05, 4.69) is 9.97 Å². The number of rotatable bonds is 3. The number of carbonyl (C=O) groups excluding carboxylic acids is 1. The molecule has 146 valence electrons. The first-order chi connectivity index (χ1) is 13.4. The van der Waals surface area contributed by atoms with Crippen LogP contribution in [0.4, 0.5) is 8.78 Å². The predicted molar refractivity (Wildman–Crippen MR) is 97.1 cm³/mol. The Balaban J connectivity index is 1.51. The summed E-state index contributed by atoms with van der Waals surface area (Å²) in [6, 6.07) is 6.09. The standard InChI is InChI=1S/C18H16F2N4O3S/c19-12-3-4-13(15(20)10-12)18(25)23-6-8-24(9-7-23)28(26,27)16-11-22-17-14(16)2-1-5-21-17/h1-5,10-11H,6-9H2,(H,21,22). The fourth-order valence-corrected chi connectivity index (χ4v) is 4.82. The van der Waals surface area contributed by atoms with Crippen LogP contribution in [0.5, 0.6) is 0 Å². The molecule has 1 fully saturated rings. The lowest BCUT2D eigenvalue weighted by Crippen LogP contribution is -2.50. The lowest BCUT2D eigenvalue weighted by atomic mass is 10.1. The number of aromatic amines is 1. The van der Waals surface area contributed by atoms with Crippen molar-refractivity contribution < 1.29 is 22.0 Å². The van der Waals surface area contributed by atoms with E-state index >= 15 is 0 Å². The van der Waals surface area contributed by atoms with Crippen molar-refractivity contribution in [2.45, 2.75) is 4.90 Å². The average Bonchev–Trinajstić information content (AvgIpc) is 3.12. The number of amides is 1. The summed E-state index contributed by atoms with van der Waals surface area (Å²) in [4.78, 5) is 20.9. The van der Waals surface area contributed by atoms with E-state index in [9.17, 15) is 22.0 Å². The summed E-state index contributed by atoms with van der Waals surface area (Å²) in [5.74, 6) is -2.30. The van der Waals surface area contributed by atoms with Crippen LogP contribution in [-0.4, -0.2) is 59.7 Å². The van der Waals surface area contributed by atoms with Gasteiger partial charge in [0, 0.05) is 50.0 Å². The van der Waals surface area contributed by atoms with E-state index in [0.29, 0.717) is 17.1 Å². The summed E-state index contributed by atoms with van der Waals surface area (Å²) >= 11 is 0. The van der Waals surface area contributed by atoms with Gasteiger partial charge in [-0.05, 0) is 24.3 Å². The number of hydrogen-bond acceptors (Lipinski definition) is 4. The zero-order valence-corrected chi connectivity index (χ0v) is 15.4. The van der Waals surface area contributed by atoms with E-state index < -0.39 is 27.6 Å². The first kappa shape index (κ1) is 18.5. The number of hydrogen-bond donors (Lipinski definition) is 1. The highest BCUT2D eigenvalue weighted by atomic mass is 32.2. The molecule has 1 saturated heterocycles. The molecule has 4 rings (SSSR count). The minimum absolute atomic E-state index is 0.0732. The maximum atomic E-state index is 13.9. The summed E-state index contributed by atoms with van der Waals surface area (Å²) in [5, 5.41) is 0.495. The second kappa shape index (κ2) is 6.95. The van der Waals surface area contributed by atoms with Gasteiger partial charge < -0.3 is 9.88 Å².